The molecule has 1 amide bonds. The van der Waals surface area contributed by atoms with E-state index in [0.29, 0.717) is 18.7 Å². The molecular weight excluding hydrogens is 437 g/mol. The second-order valence-electron chi connectivity index (χ2n) is 8.61. The Balaban J connectivity index is 1.77. The van der Waals surface area contributed by atoms with Crippen molar-refractivity contribution in [2.24, 2.45) is 0 Å². The van der Waals surface area contributed by atoms with E-state index in [0.717, 1.165) is 31.2 Å². The first kappa shape index (κ1) is 22.0. The summed E-state index contributed by atoms with van der Waals surface area (Å²) in [7, 11) is 0. The first-order chi connectivity index (χ1) is 16.6. The Kier molecular flexibility index (Phi) is 5.96. The first-order valence-corrected chi connectivity index (χ1v) is 11.5. The molecule has 0 saturated carbocycles. The summed E-state index contributed by atoms with van der Waals surface area (Å²) < 4.78 is 22.6. The minimum Gasteiger partial charge on any atom is -0.502 e. The largest absolute Gasteiger partial charge is 0.502 e. The highest BCUT2D eigenvalue weighted by Gasteiger charge is 2.37. The Hall–Kier alpha value is -3.81. The second kappa shape index (κ2) is 9.21. The average Bonchev–Trinajstić information content (AvgIpc) is 2.85. The molecule has 2 bridgehead atoms. The Morgan fingerprint density at radius 2 is 1.74 bits per heavy atom. The third-order valence-electron chi connectivity index (χ3n) is 6.41. The van der Waals surface area contributed by atoms with Crippen molar-refractivity contribution in [1.82, 2.24) is 9.58 Å². The standard InChI is InChI=1S/C26H26FN3O4/c27-20-12-8-11-19-22(18-9-4-3-5-10-18)30-17-28(14-6-1-2-7-16-34-25(19)20)26(33)23-24(32)21(31)13-15-29(23)30/h3-5,8-13,15,22,32H,1-2,6-7,14,16-17H2/t22-/m0/s1. The molecule has 0 aliphatic carbocycles. The maximum atomic E-state index is 15.1. The van der Waals surface area contributed by atoms with Crippen LogP contribution in [0, 0.1) is 5.82 Å². The van der Waals surface area contributed by atoms with Crippen molar-refractivity contribution in [1.29, 1.82) is 0 Å². The van der Waals surface area contributed by atoms with Crippen molar-refractivity contribution in [2.45, 2.75) is 31.7 Å². The lowest BCUT2D eigenvalue weighted by atomic mass is 9.96. The number of aromatic nitrogens is 1. The molecular formula is C26H26FN3O4. The highest BCUT2D eigenvalue weighted by molar-refractivity contribution is 5.96. The van der Waals surface area contributed by atoms with Gasteiger partial charge in [-0.3, -0.25) is 19.3 Å². The van der Waals surface area contributed by atoms with Crippen molar-refractivity contribution in [3.05, 3.63) is 93.7 Å². The van der Waals surface area contributed by atoms with Gasteiger partial charge in [-0.15, -0.1) is 0 Å². The number of aromatic hydroxyl groups is 1. The summed E-state index contributed by atoms with van der Waals surface area (Å²) in [6, 6.07) is 15.1. The zero-order valence-electron chi connectivity index (χ0n) is 18.7. The Bertz CT molecular complexity index is 1260. The normalized spacial score (nSPS) is 18.6. The van der Waals surface area contributed by atoms with Crippen molar-refractivity contribution in [3.8, 4) is 11.5 Å². The van der Waals surface area contributed by atoms with E-state index in [1.165, 1.54) is 23.0 Å². The molecule has 5 rings (SSSR count). The van der Waals surface area contributed by atoms with Crippen LogP contribution in [0.5, 0.6) is 11.5 Å². The third kappa shape index (κ3) is 3.89. The quantitative estimate of drug-likeness (QED) is 0.595. The number of hydrogen-bond donors (Lipinski definition) is 1. The number of nitrogens with zero attached hydrogens (tertiary/aromatic N) is 3. The SMILES string of the molecule is O=C1c2c(O)c(=O)ccn2N2CN1CCCCCCOc1c(F)cccc1[C@@H]2c1ccccc1. The van der Waals surface area contributed by atoms with Gasteiger partial charge in [0.15, 0.2) is 23.0 Å². The van der Waals surface area contributed by atoms with Gasteiger partial charge >= 0.3 is 0 Å². The molecule has 0 unspecified atom stereocenters. The van der Waals surface area contributed by atoms with Crippen LogP contribution >= 0.6 is 0 Å². The topological polar surface area (TPSA) is 75.0 Å². The van der Waals surface area contributed by atoms with Crippen LogP contribution in [-0.2, 0) is 0 Å². The van der Waals surface area contributed by atoms with Crippen molar-refractivity contribution < 1.29 is 19.0 Å². The highest BCUT2D eigenvalue weighted by Crippen LogP contribution is 2.38. The van der Waals surface area contributed by atoms with E-state index in [2.05, 4.69) is 0 Å². The maximum absolute atomic E-state index is 15.1. The van der Waals surface area contributed by atoms with E-state index in [-0.39, 0.29) is 18.1 Å². The lowest BCUT2D eigenvalue weighted by Crippen LogP contribution is -2.55. The molecule has 0 saturated heterocycles. The van der Waals surface area contributed by atoms with Crippen LogP contribution in [0.25, 0.3) is 0 Å². The van der Waals surface area contributed by atoms with Gasteiger partial charge in [0.25, 0.3) is 5.91 Å². The van der Waals surface area contributed by atoms with E-state index in [4.69, 9.17) is 4.74 Å². The number of fused-ring (bicyclic) bond motifs is 5. The van der Waals surface area contributed by atoms with Crippen LogP contribution in [0.3, 0.4) is 0 Å². The smallest absolute Gasteiger partial charge is 0.277 e. The minimum absolute atomic E-state index is 0.0894. The lowest BCUT2D eigenvalue weighted by Gasteiger charge is -2.44. The fourth-order valence-corrected chi connectivity index (χ4v) is 4.74. The van der Waals surface area contributed by atoms with Gasteiger partial charge in [-0.2, -0.15) is 0 Å². The van der Waals surface area contributed by atoms with Crippen LogP contribution in [-0.4, -0.2) is 40.4 Å². The third-order valence-corrected chi connectivity index (χ3v) is 6.41. The molecule has 1 N–H and O–H groups in total. The Morgan fingerprint density at radius 1 is 0.941 bits per heavy atom. The molecule has 1 atom stereocenters. The van der Waals surface area contributed by atoms with Gasteiger partial charge in [0.05, 0.1) is 6.61 Å². The number of rotatable bonds is 1. The predicted octanol–water partition coefficient (Wildman–Crippen LogP) is 3.79. The summed E-state index contributed by atoms with van der Waals surface area (Å²) in [5.74, 6) is -1.27. The van der Waals surface area contributed by atoms with Crippen LogP contribution in [0.1, 0.15) is 53.3 Å². The van der Waals surface area contributed by atoms with Crippen molar-refractivity contribution in [3.63, 3.8) is 0 Å². The van der Waals surface area contributed by atoms with Gasteiger partial charge in [0, 0.05) is 24.4 Å². The van der Waals surface area contributed by atoms with Gasteiger partial charge < -0.3 is 14.7 Å². The van der Waals surface area contributed by atoms with Gasteiger partial charge in [-0.25, -0.2) is 4.39 Å². The number of amides is 1. The molecule has 3 aromatic rings. The fraction of sp³-hybridized carbons (Fsp3) is 0.308. The van der Waals surface area contributed by atoms with Gasteiger partial charge in [-0.1, -0.05) is 55.3 Å². The van der Waals surface area contributed by atoms with E-state index in [1.807, 2.05) is 41.4 Å². The number of pyridine rings is 1. The molecule has 2 aliphatic heterocycles. The molecule has 8 heteroatoms. The van der Waals surface area contributed by atoms with Crippen molar-refractivity contribution in [2.75, 3.05) is 24.8 Å². The van der Waals surface area contributed by atoms with Gasteiger partial charge in [0.2, 0.25) is 5.43 Å². The molecule has 2 aliphatic rings. The molecule has 176 valence electrons. The van der Waals surface area contributed by atoms with Crippen LogP contribution in [0.15, 0.2) is 65.6 Å². The lowest BCUT2D eigenvalue weighted by molar-refractivity contribution is 0.0676. The van der Waals surface area contributed by atoms with E-state index in [9.17, 15) is 14.7 Å². The molecule has 0 radical (unpaired) electrons. The number of para-hydroxylation sites is 1. The second-order valence-corrected chi connectivity index (χ2v) is 8.61. The summed E-state index contributed by atoms with van der Waals surface area (Å²) in [4.78, 5) is 27.2. The molecule has 3 heterocycles. The van der Waals surface area contributed by atoms with Crippen molar-refractivity contribution >= 4 is 5.91 Å². The summed E-state index contributed by atoms with van der Waals surface area (Å²) in [6.45, 7) is 1.07. The Labute approximate surface area is 196 Å². The summed E-state index contributed by atoms with van der Waals surface area (Å²) in [6.07, 6.45) is 4.80. The molecule has 2 aromatic carbocycles. The molecule has 34 heavy (non-hydrogen) atoms. The number of benzene rings is 2. The summed E-state index contributed by atoms with van der Waals surface area (Å²) in [5.41, 5.74) is 0.744. The maximum Gasteiger partial charge on any atom is 0.277 e. The average molecular weight is 464 g/mol. The van der Waals surface area contributed by atoms with E-state index >= 15 is 4.39 Å². The van der Waals surface area contributed by atoms with Crippen LogP contribution in [0.2, 0.25) is 0 Å². The predicted molar refractivity (Wildman–Crippen MR) is 125 cm³/mol. The zero-order valence-corrected chi connectivity index (χ0v) is 18.7. The van der Waals surface area contributed by atoms with Crippen LogP contribution < -0.4 is 15.2 Å². The zero-order chi connectivity index (χ0) is 23.7. The first-order valence-electron chi connectivity index (χ1n) is 11.5. The van der Waals surface area contributed by atoms with Crippen LogP contribution in [0.4, 0.5) is 4.39 Å². The number of carbonyl (C=O) groups is 1. The minimum atomic E-state index is -0.620. The molecule has 1 aromatic heterocycles. The number of hydrogen-bond acceptors (Lipinski definition) is 5. The van der Waals surface area contributed by atoms with E-state index in [1.54, 1.807) is 11.0 Å². The number of halogens is 1. The summed E-state index contributed by atoms with van der Waals surface area (Å²) >= 11 is 0. The number of ether oxygens (including phenoxy) is 1. The monoisotopic (exact) mass is 463 g/mol. The number of carbonyl (C=O) groups excluding carboxylic acids is 1. The Morgan fingerprint density at radius 3 is 2.56 bits per heavy atom. The summed E-state index contributed by atoms with van der Waals surface area (Å²) in [5, 5.41) is 12.5. The fourth-order valence-electron chi connectivity index (χ4n) is 4.74. The van der Waals surface area contributed by atoms with Gasteiger partial charge in [-0.05, 0) is 24.5 Å². The molecule has 0 spiro atoms. The van der Waals surface area contributed by atoms with Gasteiger partial charge in [0.1, 0.15) is 12.7 Å². The highest BCUT2D eigenvalue weighted by atomic mass is 19.1. The molecule has 7 nitrogen and oxygen atoms in total. The molecule has 0 fully saturated rings. The van der Waals surface area contributed by atoms with E-state index < -0.39 is 28.9 Å².